The molecule has 2 N–H and O–H groups in total. The Labute approximate surface area is 94.3 Å². The van der Waals surface area contributed by atoms with Gasteiger partial charge < -0.3 is 15.4 Å². The maximum atomic E-state index is 11.7. The Hall–Kier alpha value is -1.14. The summed E-state index contributed by atoms with van der Waals surface area (Å²) < 4.78 is 4.71. The van der Waals surface area contributed by atoms with Crippen molar-refractivity contribution >= 4 is 11.9 Å². The van der Waals surface area contributed by atoms with Gasteiger partial charge in [0.05, 0.1) is 0 Å². The third kappa shape index (κ3) is 2.03. The lowest BCUT2D eigenvalue weighted by Crippen LogP contribution is -2.71. The van der Waals surface area contributed by atoms with Gasteiger partial charge in [-0.1, -0.05) is 0 Å². The van der Waals surface area contributed by atoms with Gasteiger partial charge in [-0.05, 0) is 6.42 Å². The van der Waals surface area contributed by atoms with Crippen molar-refractivity contribution < 1.29 is 14.3 Å². The molecule has 16 heavy (non-hydrogen) atoms. The fourth-order valence-electron chi connectivity index (χ4n) is 2.49. The normalized spacial score (nSPS) is 28.5. The van der Waals surface area contributed by atoms with Crippen LogP contribution in [0.15, 0.2) is 0 Å². The molecule has 3 rings (SSSR count). The number of rotatable bonds is 3. The van der Waals surface area contributed by atoms with Crippen LogP contribution in [0.25, 0.3) is 0 Å². The fraction of sp³-hybridized carbons (Fsp3) is 0.800. The average molecular weight is 227 g/mol. The molecule has 2 atom stereocenters. The summed E-state index contributed by atoms with van der Waals surface area (Å²) in [7, 11) is 0. The van der Waals surface area contributed by atoms with E-state index in [0.29, 0.717) is 6.67 Å². The molecule has 1 amide bonds. The number of fused-ring (bicyclic) bond motifs is 2. The zero-order chi connectivity index (χ0) is 11.7. The molecule has 3 aliphatic heterocycles. The molecule has 0 aliphatic carbocycles. The molecule has 0 aromatic carbocycles. The van der Waals surface area contributed by atoms with Crippen molar-refractivity contribution in [1.29, 1.82) is 0 Å². The Morgan fingerprint density at radius 2 is 2.00 bits per heavy atom. The number of esters is 1. The van der Waals surface area contributed by atoms with E-state index in [2.05, 4.69) is 4.90 Å². The summed E-state index contributed by atoms with van der Waals surface area (Å²) in [6.07, 6.45) is 1.04. The van der Waals surface area contributed by atoms with Crippen LogP contribution < -0.4 is 5.73 Å². The minimum atomic E-state index is -0.414. The third-order valence-electron chi connectivity index (χ3n) is 3.21. The lowest BCUT2D eigenvalue weighted by Gasteiger charge is -2.56. The molecule has 2 unspecified atom stereocenters. The number of piperidine rings is 1. The van der Waals surface area contributed by atoms with E-state index in [0.717, 1.165) is 19.5 Å². The van der Waals surface area contributed by atoms with Gasteiger partial charge in [-0.3, -0.25) is 14.5 Å². The van der Waals surface area contributed by atoms with Crippen LogP contribution in [0.3, 0.4) is 0 Å². The Morgan fingerprint density at radius 1 is 1.38 bits per heavy atom. The van der Waals surface area contributed by atoms with E-state index in [-0.39, 0.29) is 24.6 Å². The van der Waals surface area contributed by atoms with Crippen molar-refractivity contribution in [3.8, 4) is 0 Å². The molecule has 3 saturated heterocycles. The van der Waals surface area contributed by atoms with Crippen LogP contribution in [-0.4, -0.2) is 60.1 Å². The molecule has 6 nitrogen and oxygen atoms in total. The number of piperazine rings is 1. The number of hydrogen-bond acceptors (Lipinski definition) is 5. The molecule has 0 spiro atoms. The van der Waals surface area contributed by atoms with Crippen LogP contribution in [0.1, 0.15) is 13.3 Å². The van der Waals surface area contributed by atoms with E-state index in [1.165, 1.54) is 6.92 Å². The van der Waals surface area contributed by atoms with E-state index in [9.17, 15) is 9.59 Å². The lowest BCUT2D eigenvalue weighted by molar-refractivity contribution is -0.163. The first kappa shape index (κ1) is 11.3. The highest BCUT2D eigenvalue weighted by molar-refractivity contribution is 5.81. The van der Waals surface area contributed by atoms with Crippen LogP contribution in [0.5, 0.6) is 0 Å². The standard InChI is InChI=1S/C10H17N3O3/c1-7(14)16-5-10(15)13-8-2-9(13)4-12(3-8)6-11/h8-9H,2-6,11H2,1H3. The highest BCUT2D eigenvalue weighted by Gasteiger charge is 2.46. The predicted molar refractivity (Wildman–Crippen MR) is 56.3 cm³/mol. The predicted octanol–water partition coefficient (Wildman–Crippen LogP) is -1.25. The van der Waals surface area contributed by atoms with Gasteiger partial charge >= 0.3 is 5.97 Å². The van der Waals surface area contributed by atoms with Crippen LogP contribution >= 0.6 is 0 Å². The van der Waals surface area contributed by atoms with Crippen molar-refractivity contribution in [1.82, 2.24) is 9.80 Å². The van der Waals surface area contributed by atoms with Gasteiger partial charge in [0.25, 0.3) is 5.91 Å². The first-order chi connectivity index (χ1) is 7.61. The molecule has 3 heterocycles. The molecule has 90 valence electrons. The minimum absolute atomic E-state index is 0.0897. The number of nitrogens with zero attached hydrogens (tertiary/aromatic N) is 2. The number of nitrogens with two attached hydrogens (primary N) is 1. The zero-order valence-corrected chi connectivity index (χ0v) is 9.39. The zero-order valence-electron chi connectivity index (χ0n) is 9.39. The SMILES string of the molecule is CC(=O)OCC(=O)N1C2CC1CN(CN)C2. The van der Waals surface area contributed by atoms with Crippen LogP contribution in [0.2, 0.25) is 0 Å². The van der Waals surface area contributed by atoms with E-state index >= 15 is 0 Å². The van der Waals surface area contributed by atoms with E-state index in [4.69, 9.17) is 10.5 Å². The second-order valence-corrected chi connectivity index (χ2v) is 4.34. The molecular weight excluding hydrogens is 210 g/mol. The van der Waals surface area contributed by atoms with Crippen LogP contribution in [-0.2, 0) is 14.3 Å². The summed E-state index contributed by atoms with van der Waals surface area (Å²) in [6.45, 7) is 3.38. The van der Waals surface area contributed by atoms with Crippen molar-refractivity contribution in [2.75, 3.05) is 26.4 Å². The average Bonchev–Trinajstić information content (AvgIpc) is 2.26. The van der Waals surface area contributed by atoms with Gasteiger partial charge in [0.15, 0.2) is 6.61 Å². The quantitative estimate of drug-likeness (QED) is 0.610. The number of amides is 1. The number of carbonyl (C=O) groups is 2. The van der Waals surface area contributed by atoms with Gasteiger partial charge in [0, 0.05) is 38.8 Å². The number of ether oxygens (including phenoxy) is 1. The summed E-state index contributed by atoms with van der Waals surface area (Å²) in [5.74, 6) is -0.504. The number of carbonyl (C=O) groups excluding carboxylic acids is 2. The minimum Gasteiger partial charge on any atom is -0.456 e. The van der Waals surface area contributed by atoms with Crippen LogP contribution in [0.4, 0.5) is 0 Å². The third-order valence-corrected chi connectivity index (χ3v) is 3.21. The largest absolute Gasteiger partial charge is 0.456 e. The van der Waals surface area contributed by atoms with Crippen molar-refractivity contribution in [2.45, 2.75) is 25.4 Å². The summed E-state index contributed by atoms with van der Waals surface area (Å²) in [5.41, 5.74) is 5.56. The molecule has 0 saturated carbocycles. The maximum Gasteiger partial charge on any atom is 0.303 e. The molecular formula is C10H17N3O3. The molecule has 0 aromatic rings. The van der Waals surface area contributed by atoms with Gasteiger partial charge in [0.2, 0.25) is 0 Å². The Balaban J connectivity index is 1.84. The topological polar surface area (TPSA) is 75.9 Å². The molecule has 2 bridgehead atoms. The monoisotopic (exact) mass is 227 g/mol. The van der Waals surface area contributed by atoms with Crippen molar-refractivity contribution in [3.05, 3.63) is 0 Å². The Morgan fingerprint density at radius 3 is 2.50 bits per heavy atom. The summed E-state index contributed by atoms with van der Waals surface area (Å²) in [6, 6.07) is 0.510. The Kier molecular flexibility index (Phi) is 3.11. The second kappa shape index (κ2) is 4.39. The smallest absolute Gasteiger partial charge is 0.303 e. The van der Waals surface area contributed by atoms with Gasteiger partial charge in [0.1, 0.15) is 0 Å². The fourth-order valence-corrected chi connectivity index (χ4v) is 2.49. The van der Waals surface area contributed by atoms with Gasteiger partial charge in [-0.25, -0.2) is 0 Å². The lowest BCUT2D eigenvalue weighted by atomic mass is 9.87. The Bertz CT molecular complexity index is 296. The molecule has 0 radical (unpaired) electrons. The maximum absolute atomic E-state index is 11.7. The molecule has 6 heteroatoms. The first-order valence-electron chi connectivity index (χ1n) is 5.48. The van der Waals surface area contributed by atoms with E-state index < -0.39 is 5.97 Å². The van der Waals surface area contributed by atoms with E-state index in [1.54, 1.807) is 0 Å². The summed E-state index contributed by atoms with van der Waals surface area (Å²) in [4.78, 5) is 26.3. The van der Waals surface area contributed by atoms with E-state index in [1.807, 2.05) is 4.90 Å². The van der Waals surface area contributed by atoms with Crippen molar-refractivity contribution in [2.24, 2.45) is 5.73 Å². The first-order valence-corrected chi connectivity index (χ1v) is 5.48. The second-order valence-electron chi connectivity index (χ2n) is 4.34. The highest BCUT2D eigenvalue weighted by atomic mass is 16.5. The molecule has 3 aliphatic rings. The highest BCUT2D eigenvalue weighted by Crippen LogP contribution is 2.31. The molecule has 3 fully saturated rings. The van der Waals surface area contributed by atoms with Gasteiger partial charge in [-0.2, -0.15) is 0 Å². The summed E-state index contributed by atoms with van der Waals surface area (Å²) >= 11 is 0. The van der Waals surface area contributed by atoms with Gasteiger partial charge in [-0.15, -0.1) is 0 Å². The molecule has 0 aromatic heterocycles. The van der Waals surface area contributed by atoms with Crippen molar-refractivity contribution in [3.63, 3.8) is 0 Å². The number of hydrogen-bond donors (Lipinski definition) is 1. The van der Waals surface area contributed by atoms with Crippen LogP contribution in [0, 0.1) is 0 Å². The summed E-state index contributed by atoms with van der Waals surface area (Å²) in [5, 5.41) is 0.